The molecule has 3 rings (SSSR count). The first-order chi connectivity index (χ1) is 13.9. The number of nitrogens with zero attached hydrogens (tertiary/aromatic N) is 2. The maximum absolute atomic E-state index is 10.6. The number of terminal acetylenes is 1. The summed E-state index contributed by atoms with van der Waals surface area (Å²) in [5.74, 6) is 3.68. The van der Waals surface area contributed by atoms with E-state index in [1.54, 1.807) is 19.9 Å². The molecular formula is C22H24N2O6. The number of fused-ring (bicyclic) bond motifs is 1. The highest BCUT2D eigenvalue weighted by Gasteiger charge is 2.22. The predicted octanol–water partition coefficient (Wildman–Crippen LogP) is 5.41. The van der Waals surface area contributed by atoms with Gasteiger partial charge in [0.25, 0.3) is 11.4 Å². The van der Waals surface area contributed by atoms with E-state index in [1.165, 1.54) is 36.4 Å². The van der Waals surface area contributed by atoms with Gasteiger partial charge in [-0.15, -0.1) is 6.42 Å². The number of nitro groups is 2. The second kappa shape index (κ2) is 8.66. The molecule has 1 heterocycles. The van der Waals surface area contributed by atoms with Crippen LogP contribution in [0.2, 0.25) is 0 Å². The molecule has 0 aromatic heterocycles. The number of non-ortho nitro benzene ring substituents is 2. The first-order valence-corrected chi connectivity index (χ1v) is 9.00. The highest BCUT2D eigenvalue weighted by molar-refractivity contribution is 5.63. The molecule has 158 valence electrons. The normalized spacial score (nSPS) is 13.6. The van der Waals surface area contributed by atoms with Gasteiger partial charge < -0.3 is 9.47 Å². The van der Waals surface area contributed by atoms with Crippen molar-refractivity contribution >= 4 is 17.5 Å². The molecule has 30 heavy (non-hydrogen) atoms. The number of benzene rings is 2. The fraction of sp³-hybridized carbons (Fsp3) is 0.273. The lowest BCUT2D eigenvalue weighted by molar-refractivity contribution is -0.385. The fourth-order valence-corrected chi connectivity index (χ4v) is 2.44. The highest BCUT2D eigenvalue weighted by atomic mass is 16.6. The Morgan fingerprint density at radius 3 is 2.17 bits per heavy atom. The van der Waals surface area contributed by atoms with Crippen LogP contribution >= 0.6 is 0 Å². The van der Waals surface area contributed by atoms with Crippen molar-refractivity contribution in [2.24, 2.45) is 0 Å². The zero-order valence-corrected chi connectivity index (χ0v) is 17.1. The Balaban J connectivity index is 0.000000300. The van der Waals surface area contributed by atoms with Crippen molar-refractivity contribution in [2.75, 3.05) is 0 Å². The summed E-state index contributed by atoms with van der Waals surface area (Å²) in [4.78, 5) is 20.1. The smallest absolute Gasteiger partial charge is 0.270 e. The zero-order chi connectivity index (χ0) is 22.5. The minimum absolute atomic E-state index is 0. The Morgan fingerprint density at radius 1 is 1.07 bits per heavy atom. The molecule has 0 saturated carbocycles. The van der Waals surface area contributed by atoms with Crippen LogP contribution in [0.15, 0.2) is 48.5 Å². The summed E-state index contributed by atoms with van der Waals surface area (Å²) in [7, 11) is 0. The Bertz CT molecular complexity index is 1020. The van der Waals surface area contributed by atoms with Gasteiger partial charge in [-0.2, -0.15) is 0 Å². The van der Waals surface area contributed by atoms with Gasteiger partial charge in [0.05, 0.1) is 9.85 Å². The van der Waals surface area contributed by atoms with Crippen LogP contribution in [0.25, 0.3) is 6.08 Å². The maximum atomic E-state index is 10.6. The first kappa shape index (κ1) is 22.4. The van der Waals surface area contributed by atoms with Crippen LogP contribution in [-0.2, 0) is 0 Å². The largest absolute Gasteiger partial charge is 0.483 e. The molecule has 0 fully saturated rings. The molecule has 0 saturated heterocycles. The van der Waals surface area contributed by atoms with Crippen LogP contribution in [0.5, 0.6) is 11.5 Å². The number of hydrogen-bond acceptors (Lipinski definition) is 6. The van der Waals surface area contributed by atoms with E-state index in [0.29, 0.717) is 11.5 Å². The molecule has 1 aliphatic rings. The van der Waals surface area contributed by atoms with Gasteiger partial charge in [-0.05, 0) is 52.0 Å². The Kier molecular flexibility index (Phi) is 6.47. The topological polar surface area (TPSA) is 105 Å². The SMILES string of the molecule is C#CC(C)(C)Oc1ccc([N+](=O)[O-])cc1.CC1(C)C=Cc2cc([N+](=O)[O-])ccc2O1.[2HH]. The van der Waals surface area contributed by atoms with E-state index in [4.69, 9.17) is 15.9 Å². The van der Waals surface area contributed by atoms with Crippen molar-refractivity contribution in [1.29, 1.82) is 0 Å². The molecular weight excluding hydrogens is 388 g/mol. The standard InChI is InChI=1S/2C11H11NO3.H2/c1-11(2)6-5-8-7-9(12(13)14)3-4-10(8)15-11;1-4-11(2,3)15-10-7-5-9(6-8-10)12(13)14;/h3-7H,1-2H3;1,5-8H,2-3H3;1H/i;;1+1. The second-order valence-corrected chi connectivity index (χ2v) is 7.53. The lowest BCUT2D eigenvalue weighted by Gasteiger charge is -2.27. The first-order valence-electron chi connectivity index (χ1n) is 9.00. The molecule has 0 spiro atoms. The van der Waals surface area contributed by atoms with E-state index < -0.39 is 15.4 Å². The Labute approximate surface area is 175 Å². The lowest BCUT2D eigenvalue weighted by Crippen LogP contribution is -2.27. The maximum Gasteiger partial charge on any atom is 0.270 e. The molecule has 2 aromatic carbocycles. The second-order valence-electron chi connectivity index (χ2n) is 7.53. The molecule has 0 bridgehead atoms. The van der Waals surface area contributed by atoms with E-state index >= 15 is 0 Å². The predicted molar refractivity (Wildman–Crippen MR) is 116 cm³/mol. The van der Waals surface area contributed by atoms with Crippen molar-refractivity contribution in [2.45, 2.75) is 38.9 Å². The minimum atomic E-state index is -0.712. The molecule has 2 aromatic rings. The monoisotopic (exact) mass is 413 g/mol. The van der Waals surface area contributed by atoms with Crippen molar-refractivity contribution in [3.05, 3.63) is 74.3 Å². The molecule has 0 radical (unpaired) electrons. The zero-order valence-electron chi connectivity index (χ0n) is 17.1. The van der Waals surface area contributed by atoms with Crippen molar-refractivity contribution < 1.29 is 20.7 Å². The number of nitro benzene ring substituents is 2. The van der Waals surface area contributed by atoms with Gasteiger partial charge in [0.1, 0.15) is 17.1 Å². The molecule has 8 heteroatoms. The average Bonchev–Trinajstić information content (AvgIpc) is 2.67. The number of ether oxygens (including phenoxy) is 2. The van der Waals surface area contributed by atoms with Crippen LogP contribution in [0.4, 0.5) is 11.4 Å². The number of rotatable bonds is 4. The van der Waals surface area contributed by atoms with E-state index in [1.807, 2.05) is 26.0 Å². The van der Waals surface area contributed by atoms with Gasteiger partial charge in [-0.25, -0.2) is 0 Å². The third kappa shape index (κ3) is 6.07. The molecule has 0 unspecified atom stereocenters. The van der Waals surface area contributed by atoms with Gasteiger partial charge in [-0.1, -0.05) is 12.0 Å². The van der Waals surface area contributed by atoms with E-state index in [2.05, 4.69) is 5.92 Å². The summed E-state index contributed by atoms with van der Waals surface area (Å²) in [6.07, 6.45) is 8.99. The van der Waals surface area contributed by atoms with E-state index in [9.17, 15) is 20.2 Å². The quantitative estimate of drug-likeness (QED) is 0.377. The van der Waals surface area contributed by atoms with Crippen molar-refractivity contribution in [1.82, 2.24) is 0 Å². The lowest BCUT2D eigenvalue weighted by atomic mass is 10.0. The molecule has 0 amide bonds. The summed E-state index contributed by atoms with van der Waals surface area (Å²) in [6.45, 7) is 7.37. The average molecular weight is 413 g/mol. The van der Waals surface area contributed by atoms with Gasteiger partial charge in [0.15, 0.2) is 5.60 Å². The molecule has 0 atom stereocenters. The molecule has 1 aliphatic heterocycles. The molecule has 0 N–H and O–H groups in total. The molecule has 8 nitrogen and oxygen atoms in total. The number of hydrogen-bond donors (Lipinski definition) is 0. The summed E-state index contributed by atoms with van der Waals surface area (Å²) in [6, 6.07) is 10.4. The summed E-state index contributed by atoms with van der Waals surface area (Å²) >= 11 is 0. The van der Waals surface area contributed by atoms with E-state index in [0.717, 1.165) is 5.56 Å². The van der Waals surface area contributed by atoms with Crippen LogP contribution in [-0.4, -0.2) is 21.0 Å². The van der Waals surface area contributed by atoms with E-state index in [-0.39, 0.29) is 18.4 Å². The highest BCUT2D eigenvalue weighted by Crippen LogP contribution is 2.33. The third-order valence-electron chi connectivity index (χ3n) is 4.01. The minimum Gasteiger partial charge on any atom is -0.483 e. The summed E-state index contributed by atoms with van der Waals surface area (Å²) < 4.78 is 11.1. The van der Waals surface area contributed by atoms with Gasteiger partial charge in [0, 0.05) is 31.3 Å². The van der Waals surface area contributed by atoms with Crippen LogP contribution in [0, 0.1) is 32.6 Å². The van der Waals surface area contributed by atoms with Crippen molar-refractivity contribution in [3.8, 4) is 23.8 Å². The van der Waals surface area contributed by atoms with Crippen LogP contribution < -0.4 is 9.47 Å². The Morgan fingerprint density at radius 2 is 1.63 bits per heavy atom. The Hall–Kier alpha value is -3.86. The van der Waals surface area contributed by atoms with Crippen LogP contribution in [0.3, 0.4) is 0 Å². The third-order valence-corrected chi connectivity index (χ3v) is 4.01. The van der Waals surface area contributed by atoms with Gasteiger partial charge in [-0.3, -0.25) is 20.2 Å². The fourth-order valence-electron chi connectivity index (χ4n) is 2.44. The summed E-state index contributed by atoms with van der Waals surface area (Å²) in [5, 5.41) is 20.9. The summed E-state index contributed by atoms with van der Waals surface area (Å²) in [5.41, 5.74) is -0.190. The van der Waals surface area contributed by atoms with Crippen LogP contribution in [0.1, 0.15) is 34.7 Å². The molecule has 0 aliphatic carbocycles. The van der Waals surface area contributed by atoms with Gasteiger partial charge in [0.2, 0.25) is 0 Å². The van der Waals surface area contributed by atoms with Crippen molar-refractivity contribution in [3.63, 3.8) is 0 Å². The van der Waals surface area contributed by atoms with Gasteiger partial charge >= 0.3 is 0 Å².